The molecule has 0 fully saturated rings. The van der Waals surface area contributed by atoms with Gasteiger partial charge in [0.25, 0.3) is 0 Å². The van der Waals surface area contributed by atoms with Crippen LogP contribution in [-0.4, -0.2) is 68.0 Å². The fourth-order valence-electron chi connectivity index (χ4n) is 0.622. The molecule has 1 rings (SSSR count). The molecule has 0 heterocycles. The summed E-state index contributed by atoms with van der Waals surface area (Å²) < 4.78 is 10.5. The third-order valence-corrected chi connectivity index (χ3v) is 2.06. The Morgan fingerprint density at radius 2 is 1.55 bits per heavy atom. The molecule has 0 unspecified atom stereocenters. The van der Waals surface area contributed by atoms with Gasteiger partial charge in [0.2, 0.25) is 0 Å². The van der Waals surface area contributed by atoms with Crippen molar-refractivity contribution in [1.29, 1.82) is 0 Å². The van der Waals surface area contributed by atoms with Crippen LogP contribution in [0.15, 0.2) is 30.3 Å². The average Bonchev–Trinajstić information content (AvgIpc) is 1.88. The van der Waals surface area contributed by atoms with E-state index in [1.165, 1.54) is 12.1 Å². The molecule has 0 bridgehead atoms. The zero-order chi connectivity index (χ0) is 7.61. The maximum atomic E-state index is 10.5. The molecule has 0 aromatic heterocycles. The summed E-state index contributed by atoms with van der Waals surface area (Å²) in [6, 6.07) is 7.70. The van der Waals surface area contributed by atoms with Crippen LogP contribution in [0.3, 0.4) is 0 Å². The van der Waals surface area contributed by atoms with Crippen LogP contribution in [0.1, 0.15) is 0 Å². The third kappa shape index (κ3) is 4.09. The Bertz CT molecular complexity index is 256. The Morgan fingerprint density at radius 1 is 1.09 bits per heavy atom. The quantitative estimate of drug-likeness (QED) is 0.675. The van der Waals surface area contributed by atoms with E-state index < -0.39 is 7.60 Å². The maximum absolute atomic E-state index is 10.5. The number of rotatable bonds is 1. The molecule has 11 heavy (non-hydrogen) atoms. The van der Waals surface area contributed by atoms with Crippen LogP contribution in [0.5, 0.6) is 0 Å². The molecule has 1 aromatic rings. The van der Waals surface area contributed by atoms with E-state index in [-0.39, 0.29) is 63.5 Å². The van der Waals surface area contributed by atoms with Gasteiger partial charge in [0.15, 0.2) is 0 Å². The predicted molar refractivity (Wildman–Crippen MR) is 45.3 cm³/mol. The molecule has 0 saturated carbocycles. The van der Waals surface area contributed by atoms with Crippen molar-refractivity contribution in [2.75, 3.05) is 0 Å². The molecule has 0 aliphatic rings. The van der Waals surface area contributed by atoms with Gasteiger partial charge < -0.3 is 9.79 Å². The van der Waals surface area contributed by atoms with Crippen LogP contribution >= 0.6 is 7.60 Å². The van der Waals surface area contributed by atoms with E-state index in [0.29, 0.717) is 0 Å². The van der Waals surface area contributed by atoms with Gasteiger partial charge >= 0.3 is 65.8 Å². The molecule has 0 amide bonds. The molecule has 0 radical (unpaired) electrons. The van der Waals surface area contributed by atoms with Crippen molar-refractivity contribution in [3.05, 3.63) is 30.3 Å². The first-order chi connectivity index (χ1) is 4.61. The number of hydrogen-bond donors (Lipinski definition) is 2. The summed E-state index contributed by atoms with van der Waals surface area (Å²) in [5.74, 6) is 0. The van der Waals surface area contributed by atoms with Gasteiger partial charge in [-0.15, -0.1) is 0 Å². The van der Waals surface area contributed by atoms with E-state index in [4.69, 9.17) is 9.79 Å². The van der Waals surface area contributed by atoms with E-state index in [1.54, 1.807) is 18.2 Å². The molecular weight excluding hydrogens is 237 g/mol. The SMILES string of the molecule is O=P(O)(O)c1ccccc1.[RbH]. The summed E-state index contributed by atoms with van der Waals surface area (Å²) in [6.07, 6.45) is 0. The third-order valence-electron chi connectivity index (χ3n) is 1.09. The van der Waals surface area contributed by atoms with Gasteiger partial charge in [0.1, 0.15) is 0 Å². The van der Waals surface area contributed by atoms with Crippen molar-refractivity contribution in [2.24, 2.45) is 0 Å². The van der Waals surface area contributed by atoms with Gasteiger partial charge in [-0.1, -0.05) is 18.2 Å². The Hall–Kier alpha value is 1.18. The topological polar surface area (TPSA) is 57.5 Å². The summed E-state index contributed by atoms with van der Waals surface area (Å²) in [7, 11) is -4.02. The van der Waals surface area contributed by atoms with E-state index >= 15 is 0 Å². The first-order valence-electron chi connectivity index (χ1n) is 2.72. The van der Waals surface area contributed by atoms with Crippen molar-refractivity contribution >= 4 is 71.1 Å². The fraction of sp³-hybridized carbons (Fsp3) is 0. The fourth-order valence-corrected chi connectivity index (χ4v) is 1.18. The standard InChI is InChI=1S/C6H7O3P.Rb.H/c7-10(8,9)6-4-2-1-3-5-6;;/h1-5H,(H2,7,8,9);;. The van der Waals surface area contributed by atoms with Gasteiger partial charge in [0.05, 0.1) is 5.30 Å². The average molecular weight is 245 g/mol. The summed E-state index contributed by atoms with van der Waals surface area (Å²) in [5, 5.41) is 0.0648. The van der Waals surface area contributed by atoms with Gasteiger partial charge in [-0.25, -0.2) is 0 Å². The molecule has 1 aromatic carbocycles. The van der Waals surface area contributed by atoms with E-state index in [1.807, 2.05) is 0 Å². The molecular formula is C6H8O3PRb. The summed E-state index contributed by atoms with van der Waals surface area (Å²) in [6.45, 7) is 0. The van der Waals surface area contributed by atoms with Gasteiger partial charge in [-0.3, -0.25) is 4.57 Å². The molecule has 5 heteroatoms. The van der Waals surface area contributed by atoms with Gasteiger partial charge in [0, 0.05) is 0 Å². The Morgan fingerprint density at radius 3 is 1.82 bits per heavy atom. The second-order valence-corrected chi connectivity index (χ2v) is 3.48. The Labute approximate surface area is 114 Å². The molecule has 0 aliphatic heterocycles. The van der Waals surface area contributed by atoms with Crippen LogP contribution < -0.4 is 5.30 Å². The number of benzene rings is 1. The molecule has 0 spiro atoms. The van der Waals surface area contributed by atoms with Crippen LogP contribution in [0, 0.1) is 0 Å². The van der Waals surface area contributed by atoms with Gasteiger partial charge in [-0.05, 0) is 12.1 Å². The minimum atomic E-state index is -4.02. The van der Waals surface area contributed by atoms with Crippen molar-refractivity contribution in [3.8, 4) is 0 Å². The van der Waals surface area contributed by atoms with Crippen LogP contribution in [-0.2, 0) is 4.57 Å². The molecule has 0 aliphatic carbocycles. The second kappa shape index (κ2) is 5.02. The summed E-state index contributed by atoms with van der Waals surface area (Å²) in [5.41, 5.74) is 0. The van der Waals surface area contributed by atoms with E-state index in [2.05, 4.69) is 0 Å². The predicted octanol–water partition coefficient (Wildman–Crippen LogP) is -0.159. The number of hydrogen-bond acceptors (Lipinski definition) is 1. The van der Waals surface area contributed by atoms with Crippen molar-refractivity contribution in [2.45, 2.75) is 0 Å². The Kier molecular flexibility index (Phi) is 5.56. The molecule has 0 atom stereocenters. The zero-order valence-electron chi connectivity index (χ0n) is 5.14. The first kappa shape index (κ1) is 12.2. The van der Waals surface area contributed by atoms with Crippen LogP contribution in [0.25, 0.3) is 0 Å². The zero-order valence-corrected chi connectivity index (χ0v) is 6.03. The minimum absolute atomic E-state index is 0. The molecule has 3 nitrogen and oxygen atoms in total. The van der Waals surface area contributed by atoms with Crippen molar-refractivity contribution in [3.63, 3.8) is 0 Å². The van der Waals surface area contributed by atoms with E-state index in [9.17, 15) is 4.57 Å². The van der Waals surface area contributed by atoms with Gasteiger partial charge in [-0.2, -0.15) is 0 Å². The summed E-state index contributed by atoms with van der Waals surface area (Å²) >= 11 is 0. The summed E-state index contributed by atoms with van der Waals surface area (Å²) in [4.78, 5) is 17.2. The first-order valence-corrected chi connectivity index (χ1v) is 4.33. The molecule has 2 N–H and O–H groups in total. The Balaban J connectivity index is 0.000001000. The second-order valence-electron chi connectivity index (χ2n) is 1.88. The van der Waals surface area contributed by atoms with Crippen molar-refractivity contribution in [1.82, 2.24) is 0 Å². The van der Waals surface area contributed by atoms with Crippen LogP contribution in [0.4, 0.5) is 0 Å². The monoisotopic (exact) mass is 244 g/mol. The molecule has 56 valence electrons. The molecule has 0 saturated heterocycles. The normalized spacial score (nSPS) is 10.4. The van der Waals surface area contributed by atoms with Crippen LogP contribution in [0.2, 0.25) is 0 Å². The van der Waals surface area contributed by atoms with E-state index in [0.717, 1.165) is 0 Å². The van der Waals surface area contributed by atoms with Crippen molar-refractivity contribution < 1.29 is 14.4 Å².